The van der Waals surface area contributed by atoms with Crippen LogP contribution in [0.4, 0.5) is 5.69 Å². The summed E-state index contributed by atoms with van der Waals surface area (Å²) >= 11 is 0. The highest BCUT2D eigenvalue weighted by Gasteiger charge is 2.53. The number of hydrogen-bond acceptors (Lipinski definition) is 15. The number of aliphatic hydroxyl groups is 9. The van der Waals surface area contributed by atoms with E-state index in [1.54, 1.807) is 6.07 Å². The topological polar surface area (TPSA) is 270 Å². The molecule has 0 amide bonds. The minimum Gasteiger partial charge on any atom is -0.494 e. The molecule has 1 heterocycles. The quantitative estimate of drug-likeness (QED) is 0.0399. The van der Waals surface area contributed by atoms with Crippen LogP contribution in [-0.4, -0.2) is 133 Å². The van der Waals surface area contributed by atoms with E-state index in [1.807, 2.05) is 0 Å². The SMILES string of the molecule is Nc1cc(OCCCC(=O)CCC(O)[C@@H](O)[C@](O)(O[C@@H]2OC(CO)[C@H](O)[C@H](O)C2O)C(O)CO)ccc1C=O. The van der Waals surface area contributed by atoms with Gasteiger partial charge >= 0.3 is 0 Å². The Morgan fingerprint density at radius 2 is 1.79 bits per heavy atom. The summed E-state index contributed by atoms with van der Waals surface area (Å²) in [5, 5.41) is 90.4. The van der Waals surface area contributed by atoms with Crippen molar-refractivity contribution in [2.24, 2.45) is 0 Å². The van der Waals surface area contributed by atoms with Gasteiger partial charge < -0.3 is 65.9 Å². The van der Waals surface area contributed by atoms with Crippen LogP contribution >= 0.6 is 0 Å². The second-order valence-electron chi connectivity index (χ2n) is 9.22. The first kappa shape index (κ1) is 32.9. The first-order chi connectivity index (χ1) is 18.4. The Bertz CT molecular complexity index is 932. The fraction of sp³-hybridized carbons (Fsp3) is 0.667. The van der Waals surface area contributed by atoms with Gasteiger partial charge in [-0.15, -0.1) is 0 Å². The van der Waals surface area contributed by atoms with Gasteiger partial charge in [0, 0.05) is 30.2 Å². The zero-order valence-electron chi connectivity index (χ0n) is 21.0. The van der Waals surface area contributed by atoms with Crippen LogP contribution in [0.25, 0.3) is 0 Å². The lowest BCUT2D eigenvalue weighted by atomic mass is 9.94. The third-order valence-corrected chi connectivity index (χ3v) is 6.36. The Labute approximate surface area is 223 Å². The average molecular weight is 564 g/mol. The van der Waals surface area contributed by atoms with Gasteiger partial charge in [0.25, 0.3) is 0 Å². The van der Waals surface area contributed by atoms with Crippen molar-refractivity contribution < 1.29 is 69.8 Å². The summed E-state index contributed by atoms with van der Waals surface area (Å²) in [6, 6.07) is 4.51. The highest BCUT2D eigenvalue weighted by Crippen LogP contribution is 2.30. The van der Waals surface area contributed by atoms with Crippen molar-refractivity contribution in [1.29, 1.82) is 0 Å². The van der Waals surface area contributed by atoms with Crippen molar-refractivity contribution in [3.05, 3.63) is 23.8 Å². The van der Waals surface area contributed by atoms with E-state index in [1.165, 1.54) is 12.1 Å². The Morgan fingerprint density at radius 1 is 1.10 bits per heavy atom. The molecule has 2 rings (SSSR count). The highest BCUT2D eigenvalue weighted by molar-refractivity contribution is 5.83. The Hall–Kier alpha value is -2.28. The average Bonchev–Trinajstić information content (AvgIpc) is 2.93. The summed E-state index contributed by atoms with van der Waals surface area (Å²) in [6.45, 7) is -1.86. The second-order valence-corrected chi connectivity index (χ2v) is 9.22. The van der Waals surface area contributed by atoms with Crippen LogP contribution in [-0.2, 0) is 14.3 Å². The van der Waals surface area contributed by atoms with Crippen molar-refractivity contribution in [1.82, 2.24) is 0 Å². The molecular weight excluding hydrogens is 526 g/mol. The Balaban J connectivity index is 1.90. The summed E-state index contributed by atoms with van der Waals surface area (Å²) in [7, 11) is 0. The summed E-state index contributed by atoms with van der Waals surface area (Å²) < 4.78 is 15.6. The first-order valence-electron chi connectivity index (χ1n) is 12.2. The van der Waals surface area contributed by atoms with Gasteiger partial charge in [0.1, 0.15) is 48.2 Å². The van der Waals surface area contributed by atoms with Gasteiger partial charge in [-0.05, 0) is 25.0 Å². The van der Waals surface area contributed by atoms with E-state index in [0.29, 0.717) is 24.0 Å². The van der Waals surface area contributed by atoms with Crippen LogP contribution in [0.2, 0.25) is 0 Å². The van der Waals surface area contributed by atoms with E-state index in [4.69, 9.17) is 19.9 Å². The van der Waals surface area contributed by atoms with E-state index >= 15 is 0 Å². The summed E-state index contributed by atoms with van der Waals surface area (Å²) in [5.41, 5.74) is 6.26. The zero-order chi connectivity index (χ0) is 29.3. The van der Waals surface area contributed by atoms with Gasteiger partial charge in [-0.25, -0.2) is 0 Å². The molecule has 1 aromatic carbocycles. The van der Waals surface area contributed by atoms with E-state index in [2.05, 4.69) is 0 Å². The summed E-state index contributed by atoms with van der Waals surface area (Å²) in [6.07, 6.45) is -15.3. The number of Topliss-reactive ketones (excluding diaryl/α,β-unsaturated/α-hetero) is 1. The number of nitrogen functional groups attached to an aromatic ring is 1. The lowest BCUT2D eigenvalue weighted by Crippen LogP contribution is -2.66. The number of ketones is 1. The maximum absolute atomic E-state index is 12.2. The normalized spacial score (nSPS) is 27.3. The fourth-order valence-electron chi connectivity index (χ4n) is 3.90. The number of aliphatic hydroxyl groups excluding tert-OH is 8. The van der Waals surface area contributed by atoms with Crippen LogP contribution in [0.3, 0.4) is 0 Å². The largest absolute Gasteiger partial charge is 0.494 e. The van der Waals surface area contributed by atoms with E-state index in [-0.39, 0.29) is 30.9 Å². The van der Waals surface area contributed by atoms with Crippen molar-refractivity contribution in [2.45, 2.75) is 80.5 Å². The van der Waals surface area contributed by atoms with Gasteiger partial charge in [0.05, 0.1) is 25.9 Å². The number of aldehydes is 1. The summed E-state index contributed by atoms with van der Waals surface area (Å²) in [4.78, 5) is 23.0. The smallest absolute Gasteiger partial charge is 0.226 e. The van der Waals surface area contributed by atoms with Crippen molar-refractivity contribution in [3.8, 4) is 5.75 Å². The molecule has 15 heteroatoms. The zero-order valence-corrected chi connectivity index (χ0v) is 21.0. The first-order valence-corrected chi connectivity index (χ1v) is 12.2. The maximum Gasteiger partial charge on any atom is 0.226 e. The number of anilines is 1. The Morgan fingerprint density at radius 3 is 2.38 bits per heavy atom. The third-order valence-electron chi connectivity index (χ3n) is 6.36. The number of ether oxygens (including phenoxy) is 3. The maximum atomic E-state index is 12.2. The molecule has 1 aliphatic heterocycles. The molecule has 0 radical (unpaired) electrons. The van der Waals surface area contributed by atoms with Crippen LogP contribution in [0.5, 0.6) is 5.75 Å². The molecule has 0 spiro atoms. The number of rotatable bonds is 16. The van der Waals surface area contributed by atoms with Gasteiger partial charge in [-0.2, -0.15) is 0 Å². The van der Waals surface area contributed by atoms with Crippen LogP contribution in [0.15, 0.2) is 18.2 Å². The van der Waals surface area contributed by atoms with Crippen LogP contribution in [0.1, 0.15) is 36.0 Å². The predicted octanol–water partition coefficient (Wildman–Crippen LogP) is -3.83. The molecule has 1 aliphatic rings. The molecule has 0 saturated carbocycles. The van der Waals surface area contributed by atoms with Gasteiger partial charge in [-0.1, -0.05) is 0 Å². The molecule has 0 bridgehead atoms. The molecule has 0 aromatic heterocycles. The molecule has 0 aliphatic carbocycles. The molecular formula is C24H37NO14. The Kier molecular flexibility index (Phi) is 12.6. The molecule has 9 atom stereocenters. The number of hydrogen-bond donors (Lipinski definition) is 10. The van der Waals surface area contributed by atoms with E-state index in [0.717, 1.165) is 0 Å². The van der Waals surface area contributed by atoms with Crippen LogP contribution < -0.4 is 10.5 Å². The predicted molar refractivity (Wildman–Crippen MR) is 130 cm³/mol. The number of carbonyl (C=O) groups is 2. The minimum absolute atomic E-state index is 0.0373. The third kappa shape index (κ3) is 8.36. The number of carbonyl (C=O) groups excluding carboxylic acids is 2. The molecule has 222 valence electrons. The fourth-order valence-corrected chi connectivity index (χ4v) is 3.90. The number of nitrogens with two attached hydrogens (primary N) is 1. The minimum atomic E-state index is -3.17. The lowest BCUT2D eigenvalue weighted by molar-refractivity contribution is -0.402. The molecule has 1 fully saturated rings. The lowest BCUT2D eigenvalue weighted by Gasteiger charge is -2.45. The van der Waals surface area contributed by atoms with Gasteiger partial charge in [0.15, 0.2) is 12.6 Å². The van der Waals surface area contributed by atoms with E-state index in [9.17, 15) is 55.5 Å². The molecule has 1 saturated heterocycles. The molecule has 39 heavy (non-hydrogen) atoms. The monoisotopic (exact) mass is 563 g/mol. The summed E-state index contributed by atoms with van der Waals surface area (Å²) in [5.74, 6) is -3.09. The molecule has 4 unspecified atom stereocenters. The standard InChI is InChI=1S/C24H37NO14/c25-15-8-14(5-3-12(15)9-26)37-7-1-2-13(29)4-6-16(30)22(35)24(36,18(31)11-28)39-23-21(34)20(33)19(32)17(10-27)38-23/h3,5,8-9,16-23,27-28,30-36H,1-2,4,6-7,10-11,25H2/t16?,17?,18?,19-,20-,21?,22+,23-,24+/m0/s1. The van der Waals surface area contributed by atoms with Crippen molar-refractivity contribution in [3.63, 3.8) is 0 Å². The molecule has 11 N–H and O–H groups in total. The van der Waals surface area contributed by atoms with Crippen LogP contribution in [0, 0.1) is 0 Å². The highest BCUT2D eigenvalue weighted by atomic mass is 16.8. The second kappa shape index (κ2) is 14.9. The molecule has 1 aromatic rings. The molecule has 15 nitrogen and oxygen atoms in total. The number of benzene rings is 1. The van der Waals surface area contributed by atoms with Crippen molar-refractivity contribution in [2.75, 3.05) is 25.6 Å². The van der Waals surface area contributed by atoms with E-state index < -0.39 is 74.4 Å². The van der Waals surface area contributed by atoms with Gasteiger partial charge in [0.2, 0.25) is 5.79 Å². The van der Waals surface area contributed by atoms with Crippen molar-refractivity contribution >= 4 is 17.8 Å². The van der Waals surface area contributed by atoms with Gasteiger partial charge in [-0.3, -0.25) is 9.59 Å².